The van der Waals surface area contributed by atoms with Crippen LogP contribution < -0.4 is 10.1 Å². The quantitative estimate of drug-likeness (QED) is 0.810. The van der Waals surface area contributed by atoms with Gasteiger partial charge in [-0.1, -0.05) is 31.2 Å². The van der Waals surface area contributed by atoms with E-state index in [0.717, 1.165) is 24.2 Å². The molecule has 1 N–H and O–H groups in total. The molecule has 0 aliphatic heterocycles. The zero-order valence-electron chi connectivity index (χ0n) is 10.7. The number of carbonyl (C=O) groups is 1. The SMILES string of the molecule is CCc1ccc2c(c1OC(=O)NC)C1C=CC2C1. The Labute approximate surface area is 107 Å². The van der Waals surface area contributed by atoms with Crippen LogP contribution in [0.3, 0.4) is 0 Å². The third-order valence-electron chi connectivity index (χ3n) is 3.94. The van der Waals surface area contributed by atoms with Gasteiger partial charge in [0.25, 0.3) is 0 Å². The fourth-order valence-corrected chi connectivity index (χ4v) is 3.05. The van der Waals surface area contributed by atoms with Gasteiger partial charge < -0.3 is 10.1 Å². The lowest BCUT2D eigenvalue weighted by Crippen LogP contribution is -2.23. The number of carbonyl (C=O) groups excluding carboxylic acids is 1. The first-order chi connectivity index (χ1) is 8.74. The fraction of sp³-hybridized carbons (Fsp3) is 0.400. The molecule has 2 unspecified atom stereocenters. The average Bonchev–Trinajstić information content (AvgIpc) is 3.00. The van der Waals surface area contributed by atoms with Crippen molar-refractivity contribution in [3.8, 4) is 5.75 Å². The lowest BCUT2D eigenvalue weighted by Gasteiger charge is -2.18. The maximum absolute atomic E-state index is 11.5. The molecule has 1 amide bonds. The number of hydrogen-bond donors (Lipinski definition) is 1. The molecule has 1 aromatic rings. The van der Waals surface area contributed by atoms with Crippen LogP contribution in [-0.4, -0.2) is 13.1 Å². The van der Waals surface area contributed by atoms with Gasteiger partial charge in [0.15, 0.2) is 0 Å². The average molecular weight is 243 g/mol. The Bertz CT molecular complexity index is 534. The molecule has 3 heteroatoms. The molecule has 2 bridgehead atoms. The maximum atomic E-state index is 11.5. The summed E-state index contributed by atoms with van der Waals surface area (Å²) < 4.78 is 5.50. The van der Waals surface area contributed by atoms with Gasteiger partial charge in [-0.2, -0.15) is 0 Å². The molecular weight excluding hydrogens is 226 g/mol. The number of rotatable bonds is 2. The smallest absolute Gasteiger partial charge is 0.410 e. The molecule has 0 fully saturated rings. The lowest BCUT2D eigenvalue weighted by atomic mass is 9.93. The maximum Gasteiger partial charge on any atom is 0.412 e. The van der Waals surface area contributed by atoms with Gasteiger partial charge in [-0.25, -0.2) is 4.79 Å². The molecule has 0 heterocycles. The summed E-state index contributed by atoms with van der Waals surface area (Å²) >= 11 is 0. The van der Waals surface area contributed by atoms with Crippen LogP contribution in [0.4, 0.5) is 4.79 Å². The molecule has 1 aromatic carbocycles. The van der Waals surface area contributed by atoms with Gasteiger partial charge in [0, 0.05) is 24.4 Å². The van der Waals surface area contributed by atoms with Gasteiger partial charge in [-0.3, -0.25) is 0 Å². The van der Waals surface area contributed by atoms with Crippen LogP contribution in [0.25, 0.3) is 0 Å². The van der Waals surface area contributed by atoms with E-state index in [0.29, 0.717) is 11.8 Å². The minimum Gasteiger partial charge on any atom is -0.410 e. The minimum absolute atomic E-state index is 0.384. The Morgan fingerprint density at radius 3 is 2.89 bits per heavy atom. The second-order valence-electron chi connectivity index (χ2n) is 4.88. The largest absolute Gasteiger partial charge is 0.412 e. The number of benzene rings is 1. The van der Waals surface area contributed by atoms with Crippen LogP contribution in [0.2, 0.25) is 0 Å². The van der Waals surface area contributed by atoms with Crippen molar-refractivity contribution in [1.82, 2.24) is 5.32 Å². The zero-order chi connectivity index (χ0) is 12.7. The summed E-state index contributed by atoms with van der Waals surface area (Å²) in [5.74, 6) is 1.73. The van der Waals surface area contributed by atoms with Crippen molar-refractivity contribution in [2.45, 2.75) is 31.6 Å². The second kappa shape index (κ2) is 4.16. The third-order valence-corrected chi connectivity index (χ3v) is 3.94. The number of hydrogen-bond acceptors (Lipinski definition) is 2. The molecule has 0 saturated carbocycles. The van der Waals surface area contributed by atoms with E-state index in [1.165, 1.54) is 11.1 Å². The molecule has 94 valence electrons. The van der Waals surface area contributed by atoms with Gasteiger partial charge in [0.05, 0.1) is 0 Å². The number of ether oxygens (including phenoxy) is 1. The van der Waals surface area contributed by atoms with Crippen LogP contribution in [0.1, 0.15) is 41.9 Å². The Hall–Kier alpha value is -1.77. The van der Waals surface area contributed by atoms with E-state index in [1.807, 2.05) is 0 Å². The summed E-state index contributed by atoms with van der Waals surface area (Å²) in [4.78, 5) is 11.5. The first-order valence-electron chi connectivity index (χ1n) is 6.48. The molecule has 2 atom stereocenters. The topological polar surface area (TPSA) is 38.3 Å². The first-order valence-corrected chi connectivity index (χ1v) is 6.48. The molecule has 3 nitrogen and oxygen atoms in total. The highest BCUT2D eigenvalue weighted by molar-refractivity contribution is 5.72. The summed E-state index contributed by atoms with van der Waals surface area (Å²) in [5, 5.41) is 2.52. The molecular formula is C15H17NO2. The van der Waals surface area contributed by atoms with Crippen LogP contribution in [-0.2, 0) is 6.42 Å². The van der Waals surface area contributed by atoms with E-state index in [9.17, 15) is 4.79 Å². The summed E-state index contributed by atoms with van der Waals surface area (Å²) in [5.41, 5.74) is 3.67. The van der Waals surface area contributed by atoms with Crippen molar-refractivity contribution in [2.24, 2.45) is 0 Å². The van der Waals surface area contributed by atoms with E-state index in [1.54, 1.807) is 7.05 Å². The summed E-state index contributed by atoms with van der Waals surface area (Å²) in [6.45, 7) is 2.08. The van der Waals surface area contributed by atoms with Gasteiger partial charge in [-0.15, -0.1) is 0 Å². The van der Waals surface area contributed by atoms with E-state index < -0.39 is 0 Å². The molecule has 0 radical (unpaired) electrons. The number of fused-ring (bicyclic) bond motifs is 5. The molecule has 3 rings (SSSR count). The van der Waals surface area contributed by atoms with E-state index in [-0.39, 0.29) is 6.09 Å². The molecule has 2 aliphatic rings. The predicted octanol–water partition coefficient (Wildman–Crippen LogP) is 3.11. The number of nitrogens with one attached hydrogen (secondary N) is 1. The van der Waals surface area contributed by atoms with Gasteiger partial charge >= 0.3 is 6.09 Å². The standard InChI is InChI=1S/C15H17NO2/c1-3-9-6-7-12-10-4-5-11(8-10)13(12)14(9)18-15(17)16-2/h4-7,10-11H,3,8H2,1-2H3,(H,16,17). The highest BCUT2D eigenvalue weighted by atomic mass is 16.6. The van der Waals surface area contributed by atoms with Crippen molar-refractivity contribution in [3.05, 3.63) is 41.0 Å². The Balaban J connectivity index is 2.09. The van der Waals surface area contributed by atoms with Crippen LogP contribution in [0, 0.1) is 0 Å². The monoisotopic (exact) mass is 243 g/mol. The molecule has 0 aromatic heterocycles. The van der Waals surface area contributed by atoms with Crippen molar-refractivity contribution in [1.29, 1.82) is 0 Å². The van der Waals surface area contributed by atoms with Crippen molar-refractivity contribution < 1.29 is 9.53 Å². The summed E-state index contributed by atoms with van der Waals surface area (Å²) in [6, 6.07) is 4.28. The number of aryl methyl sites for hydroxylation is 1. The van der Waals surface area contributed by atoms with Crippen LogP contribution in [0.5, 0.6) is 5.75 Å². The zero-order valence-corrected chi connectivity index (χ0v) is 10.7. The van der Waals surface area contributed by atoms with Crippen LogP contribution >= 0.6 is 0 Å². The number of allylic oxidation sites excluding steroid dienone is 2. The van der Waals surface area contributed by atoms with Crippen LogP contribution in [0.15, 0.2) is 24.3 Å². The molecule has 2 aliphatic carbocycles. The Kier molecular flexibility index (Phi) is 2.62. The van der Waals surface area contributed by atoms with Crippen molar-refractivity contribution in [2.75, 3.05) is 7.05 Å². The molecule has 0 saturated heterocycles. The molecule has 0 spiro atoms. The summed E-state index contributed by atoms with van der Waals surface area (Å²) in [7, 11) is 1.59. The first kappa shape index (κ1) is 11.3. The van der Waals surface area contributed by atoms with E-state index >= 15 is 0 Å². The van der Waals surface area contributed by atoms with E-state index in [4.69, 9.17) is 4.74 Å². The van der Waals surface area contributed by atoms with Crippen molar-refractivity contribution in [3.63, 3.8) is 0 Å². The molecule has 18 heavy (non-hydrogen) atoms. The minimum atomic E-state index is -0.384. The van der Waals surface area contributed by atoms with Gasteiger partial charge in [0.2, 0.25) is 0 Å². The van der Waals surface area contributed by atoms with Gasteiger partial charge in [0.1, 0.15) is 5.75 Å². The number of amides is 1. The summed E-state index contributed by atoms with van der Waals surface area (Å²) in [6.07, 6.45) is 6.13. The Morgan fingerprint density at radius 2 is 2.17 bits per heavy atom. The van der Waals surface area contributed by atoms with E-state index in [2.05, 4.69) is 36.5 Å². The highest BCUT2D eigenvalue weighted by Gasteiger charge is 2.36. The van der Waals surface area contributed by atoms with Crippen molar-refractivity contribution >= 4 is 6.09 Å². The highest BCUT2D eigenvalue weighted by Crippen LogP contribution is 2.52. The lowest BCUT2D eigenvalue weighted by molar-refractivity contribution is 0.202. The fourth-order valence-electron chi connectivity index (χ4n) is 3.05. The van der Waals surface area contributed by atoms with Gasteiger partial charge in [-0.05, 0) is 24.0 Å². The normalized spacial score (nSPS) is 23.0. The Morgan fingerprint density at radius 1 is 1.39 bits per heavy atom. The second-order valence-corrected chi connectivity index (χ2v) is 4.88. The third kappa shape index (κ3) is 1.54. The predicted molar refractivity (Wildman–Crippen MR) is 70.1 cm³/mol.